The molecule has 4 rings (SSSR count). The van der Waals surface area contributed by atoms with Crippen molar-refractivity contribution in [3.05, 3.63) is 76.3 Å². The SMILES string of the molecule is CSc1ccc([C@H]2C(C(=O)Nc3cccc(C)n3)=C(C)NC3=C2C(=O)C[C@H](C)C3)cc1. The van der Waals surface area contributed by atoms with Crippen molar-refractivity contribution in [2.45, 2.75) is 44.4 Å². The van der Waals surface area contributed by atoms with E-state index in [1.807, 2.05) is 56.5 Å². The average Bonchev–Trinajstić information content (AvgIpc) is 2.72. The molecule has 2 N–H and O–H groups in total. The fourth-order valence-corrected chi connectivity index (χ4v) is 4.87. The molecule has 0 fully saturated rings. The van der Waals surface area contributed by atoms with Crippen molar-refractivity contribution in [2.24, 2.45) is 5.92 Å². The summed E-state index contributed by atoms with van der Waals surface area (Å²) >= 11 is 1.67. The van der Waals surface area contributed by atoms with E-state index < -0.39 is 5.92 Å². The van der Waals surface area contributed by atoms with Gasteiger partial charge in [0.15, 0.2) is 5.78 Å². The molecule has 1 aliphatic carbocycles. The van der Waals surface area contributed by atoms with Gasteiger partial charge in [0.05, 0.1) is 0 Å². The Kier molecular flexibility index (Phi) is 6.01. The predicted octanol–water partition coefficient (Wildman–Crippen LogP) is 4.96. The fourth-order valence-electron chi connectivity index (χ4n) is 4.46. The molecule has 2 aliphatic rings. The van der Waals surface area contributed by atoms with E-state index in [0.717, 1.165) is 39.5 Å². The molecule has 0 spiro atoms. The Hall–Kier alpha value is -2.86. The Balaban J connectivity index is 1.78. The number of hydrogen-bond donors (Lipinski definition) is 2. The highest BCUT2D eigenvalue weighted by molar-refractivity contribution is 7.98. The van der Waals surface area contributed by atoms with Crippen LogP contribution in [0.25, 0.3) is 0 Å². The molecular formula is C25H27N3O2S. The summed E-state index contributed by atoms with van der Waals surface area (Å²) < 4.78 is 0. The smallest absolute Gasteiger partial charge is 0.255 e. The Morgan fingerprint density at radius 1 is 1.13 bits per heavy atom. The summed E-state index contributed by atoms with van der Waals surface area (Å²) in [4.78, 5) is 32.2. The molecule has 0 unspecified atom stereocenters. The number of benzene rings is 1. The molecule has 6 heteroatoms. The maximum Gasteiger partial charge on any atom is 0.255 e. The van der Waals surface area contributed by atoms with Crippen LogP contribution in [0.1, 0.15) is 43.9 Å². The second-order valence-corrected chi connectivity index (χ2v) is 9.20. The number of thioether (sulfide) groups is 1. The summed E-state index contributed by atoms with van der Waals surface area (Å²) in [6.07, 6.45) is 3.35. The van der Waals surface area contributed by atoms with Crippen LogP contribution in [0.3, 0.4) is 0 Å². The molecule has 1 aromatic heterocycles. The number of carbonyl (C=O) groups is 2. The first-order valence-electron chi connectivity index (χ1n) is 10.5. The summed E-state index contributed by atoms with van der Waals surface area (Å²) in [5.74, 6) is 0.284. The number of Topliss-reactive ketones (excluding diaryl/α,β-unsaturated/α-hetero) is 1. The maximum atomic E-state index is 13.5. The number of nitrogens with one attached hydrogen (secondary N) is 2. The van der Waals surface area contributed by atoms with Gasteiger partial charge in [-0.3, -0.25) is 9.59 Å². The molecule has 1 aromatic carbocycles. The summed E-state index contributed by atoms with van der Waals surface area (Å²) in [7, 11) is 0. The van der Waals surface area contributed by atoms with Gasteiger partial charge in [-0.25, -0.2) is 4.98 Å². The van der Waals surface area contributed by atoms with E-state index in [4.69, 9.17) is 0 Å². The van der Waals surface area contributed by atoms with Crippen LogP contribution in [0.2, 0.25) is 0 Å². The molecule has 160 valence electrons. The number of pyridine rings is 1. The molecule has 2 heterocycles. The fraction of sp³-hybridized carbons (Fsp3) is 0.320. The second kappa shape index (κ2) is 8.71. The number of ketones is 1. The molecule has 1 aliphatic heterocycles. The van der Waals surface area contributed by atoms with Crippen LogP contribution in [0.15, 0.2) is 69.9 Å². The van der Waals surface area contributed by atoms with Crippen LogP contribution in [-0.2, 0) is 9.59 Å². The highest BCUT2D eigenvalue weighted by Crippen LogP contribution is 2.43. The van der Waals surface area contributed by atoms with E-state index in [2.05, 4.69) is 22.5 Å². The summed E-state index contributed by atoms with van der Waals surface area (Å²) in [6.45, 7) is 5.89. The molecule has 31 heavy (non-hydrogen) atoms. The zero-order valence-electron chi connectivity index (χ0n) is 18.3. The van der Waals surface area contributed by atoms with Gasteiger partial charge in [0.25, 0.3) is 5.91 Å². The Morgan fingerprint density at radius 2 is 1.87 bits per heavy atom. The molecule has 2 aromatic rings. The minimum absolute atomic E-state index is 0.117. The van der Waals surface area contributed by atoms with Gasteiger partial charge in [-0.1, -0.05) is 25.1 Å². The van der Waals surface area contributed by atoms with Crippen LogP contribution in [0.5, 0.6) is 0 Å². The largest absolute Gasteiger partial charge is 0.362 e. The number of aryl methyl sites for hydroxylation is 1. The van der Waals surface area contributed by atoms with E-state index >= 15 is 0 Å². The molecule has 1 amide bonds. The minimum Gasteiger partial charge on any atom is -0.362 e. The van der Waals surface area contributed by atoms with E-state index in [0.29, 0.717) is 17.8 Å². The maximum absolute atomic E-state index is 13.5. The number of anilines is 1. The van der Waals surface area contributed by atoms with E-state index in [1.54, 1.807) is 17.8 Å². The average molecular weight is 434 g/mol. The number of amides is 1. The molecule has 0 radical (unpaired) electrons. The zero-order valence-corrected chi connectivity index (χ0v) is 19.1. The number of hydrogen-bond acceptors (Lipinski definition) is 5. The van der Waals surface area contributed by atoms with Crippen LogP contribution in [-0.4, -0.2) is 22.9 Å². The molecule has 5 nitrogen and oxygen atoms in total. The van der Waals surface area contributed by atoms with Gasteiger partial charge in [-0.15, -0.1) is 11.8 Å². The summed E-state index contributed by atoms with van der Waals surface area (Å²) in [6, 6.07) is 13.7. The summed E-state index contributed by atoms with van der Waals surface area (Å²) in [5, 5.41) is 6.32. The minimum atomic E-state index is -0.392. The van der Waals surface area contributed by atoms with Gasteiger partial charge in [0.1, 0.15) is 5.82 Å². The van der Waals surface area contributed by atoms with Gasteiger partial charge in [-0.05, 0) is 62.3 Å². The lowest BCUT2D eigenvalue weighted by molar-refractivity contribution is -0.117. The standard InChI is InChI=1S/C25H27N3O2S/c1-14-12-19-24(20(29)13-14)23(17-8-10-18(31-4)11-9-17)22(16(3)27-19)25(30)28-21-7-5-6-15(2)26-21/h5-11,14,23,27H,12-13H2,1-4H3,(H,26,28,30)/t14-,23+/m1/s1. The van der Waals surface area contributed by atoms with E-state index in [-0.39, 0.29) is 17.6 Å². The van der Waals surface area contributed by atoms with Crippen LogP contribution < -0.4 is 10.6 Å². The lowest BCUT2D eigenvalue weighted by Crippen LogP contribution is -2.37. The van der Waals surface area contributed by atoms with Crippen LogP contribution in [0.4, 0.5) is 5.82 Å². The third-order valence-electron chi connectivity index (χ3n) is 5.86. The molecule has 0 saturated carbocycles. The first-order valence-corrected chi connectivity index (χ1v) is 11.7. The second-order valence-electron chi connectivity index (χ2n) is 8.32. The Labute approximate surface area is 187 Å². The number of nitrogens with zero attached hydrogens (tertiary/aromatic N) is 1. The monoisotopic (exact) mass is 433 g/mol. The third kappa shape index (κ3) is 4.30. The highest BCUT2D eigenvalue weighted by Gasteiger charge is 2.39. The number of dihydropyridines is 1. The lowest BCUT2D eigenvalue weighted by Gasteiger charge is -2.36. The van der Waals surface area contributed by atoms with Crippen molar-refractivity contribution in [1.82, 2.24) is 10.3 Å². The molecule has 0 saturated heterocycles. The van der Waals surface area contributed by atoms with Crippen molar-refractivity contribution < 1.29 is 9.59 Å². The predicted molar refractivity (Wildman–Crippen MR) is 125 cm³/mol. The third-order valence-corrected chi connectivity index (χ3v) is 6.60. The van der Waals surface area contributed by atoms with Crippen LogP contribution in [0, 0.1) is 12.8 Å². The van der Waals surface area contributed by atoms with Crippen molar-refractivity contribution in [3.63, 3.8) is 0 Å². The van der Waals surface area contributed by atoms with Gasteiger partial charge in [0.2, 0.25) is 0 Å². The van der Waals surface area contributed by atoms with Gasteiger partial charge in [0, 0.05) is 45.5 Å². The number of rotatable bonds is 4. The quantitative estimate of drug-likeness (QED) is 0.667. The van der Waals surface area contributed by atoms with Crippen molar-refractivity contribution >= 4 is 29.3 Å². The van der Waals surface area contributed by atoms with Gasteiger partial charge < -0.3 is 10.6 Å². The molecule has 0 bridgehead atoms. The lowest BCUT2D eigenvalue weighted by atomic mass is 9.73. The Bertz CT molecular complexity index is 1100. The summed E-state index contributed by atoms with van der Waals surface area (Å²) in [5.41, 5.74) is 4.81. The molecule has 2 atom stereocenters. The first kappa shape index (κ1) is 21.4. The van der Waals surface area contributed by atoms with Gasteiger partial charge in [-0.2, -0.15) is 0 Å². The highest BCUT2D eigenvalue weighted by atomic mass is 32.2. The first-order chi connectivity index (χ1) is 14.9. The van der Waals surface area contributed by atoms with E-state index in [9.17, 15) is 9.59 Å². The number of aromatic nitrogens is 1. The van der Waals surface area contributed by atoms with Crippen molar-refractivity contribution in [1.29, 1.82) is 0 Å². The number of carbonyl (C=O) groups excluding carboxylic acids is 2. The van der Waals surface area contributed by atoms with Crippen LogP contribution >= 0.6 is 11.8 Å². The molecular weight excluding hydrogens is 406 g/mol. The zero-order chi connectivity index (χ0) is 22.1. The van der Waals surface area contributed by atoms with Crippen molar-refractivity contribution in [2.75, 3.05) is 11.6 Å². The number of allylic oxidation sites excluding steroid dienone is 3. The normalized spacial score (nSPS) is 21.0. The topological polar surface area (TPSA) is 71.1 Å². The van der Waals surface area contributed by atoms with Gasteiger partial charge >= 0.3 is 0 Å². The van der Waals surface area contributed by atoms with E-state index in [1.165, 1.54) is 0 Å². The Morgan fingerprint density at radius 3 is 2.55 bits per heavy atom. The van der Waals surface area contributed by atoms with Crippen molar-refractivity contribution in [3.8, 4) is 0 Å².